The Morgan fingerprint density at radius 2 is 2.11 bits per heavy atom. The SMILES string of the molecule is Cc1ccc(Cl)c(Nc2ccnc(C(=O)O)c2)c1. The number of aromatic carboxylic acids is 1. The third-order valence-electron chi connectivity index (χ3n) is 2.38. The van der Waals surface area contributed by atoms with Gasteiger partial charge in [0.05, 0.1) is 10.7 Å². The standard InChI is InChI=1S/C13H11ClN2O2/c1-8-2-3-10(14)11(6-8)16-9-4-5-15-12(7-9)13(17)18/h2-7H,1H3,(H,15,16)(H,17,18). The van der Waals surface area contributed by atoms with Crippen LogP contribution >= 0.6 is 11.6 Å². The summed E-state index contributed by atoms with van der Waals surface area (Å²) in [6.07, 6.45) is 1.44. The summed E-state index contributed by atoms with van der Waals surface area (Å²) in [5.41, 5.74) is 2.42. The fraction of sp³-hybridized carbons (Fsp3) is 0.0769. The van der Waals surface area contributed by atoms with Crippen LogP contribution in [0.25, 0.3) is 0 Å². The van der Waals surface area contributed by atoms with Gasteiger partial charge < -0.3 is 10.4 Å². The van der Waals surface area contributed by atoms with Crippen LogP contribution in [0.5, 0.6) is 0 Å². The van der Waals surface area contributed by atoms with Gasteiger partial charge in [0.15, 0.2) is 0 Å². The van der Waals surface area contributed by atoms with Crippen LogP contribution in [0.15, 0.2) is 36.5 Å². The third kappa shape index (κ3) is 2.78. The summed E-state index contributed by atoms with van der Waals surface area (Å²) in [4.78, 5) is 14.6. The molecule has 0 radical (unpaired) electrons. The molecular weight excluding hydrogens is 252 g/mol. The summed E-state index contributed by atoms with van der Waals surface area (Å²) >= 11 is 6.05. The molecule has 0 bridgehead atoms. The number of nitrogens with zero attached hydrogens (tertiary/aromatic N) is 1. The van der Waals surface area contributed by atoms with E-state index in [9.17, 15) is 4.79 Å². The molecule has 92 valence electrons. The van der Waals surface area contributed by atoms with Crippen molar-refractivity contribution in [2.24, 2.45) is 0 Å². The lowest BCUT2D eigenvalue weighted by Crippen LogP contribution is -2.01. The molecule has 0 aliphatic rings. The minimum atomic E-state index is -1.06. The van der Waals surface area contributed by atoms with Crippen LogP contribution < -0.4 is 5.32 Å². The lowest BCUT2D eigenvalue weighted by atomic mass is 10.2. The number of aryl methyl sites for hydroxylation is 1. The van der Waals surface area contributed by atoms with Gasteiger partial charge in [0.1, 0.15) is 5.69 Å². The lowest BCUT2D eigenvalue weighted by Gasteiger charge is -2.09. The second kappa shape index (κ2) is 5.06. The first-order chi connectivity index (χ1) is 8.56. The predicted molar refractivity (Wildman–Crippen MR) is 70.7 cm³/mol. The molecule has 18 heavy (non-hydrogen) atoms. The van der Waals surface area contributed by atoms with Crippen LogP contribution in [0.2, 0.25) is 5.02 Å². The van der Waals surface area contributed by atoms with Gasteiger partial charge in [0.2, 0.25) is 0 Å². The van der Waals surface area contributed by atoms with Crippen LogP contribution in [0, 0.1) is 6.92 Å². The highest BCUT2D eigenvalue weighted by molar-refractivity contribution is 6.33. The van der Waals surface area contributed by atoms with Crippen molar-refractivity contribution < 1.29 is 9.90 Å². The third-order valence-corrected chi connectivity index (χ3v) is 2.71. The Balaban J connectivity index is 2.31. The zero-order chi connectivity index (χ0) is 13.1. The molecule has 0 spiro atoms. The van der Waals surface area contributed by atoms with Crippen molar-refractivity contribution in [3.63, 3.8) is 0 Å². The summed E-state index contributed by atoms with van der Waals surface area (Å²) in [5.74, 6) is -1.06. The maximum absolute atomic E-state index is 10.8. The Kier molecular flexibility index (Phi) is 3.48. The molecule has 0 amide bonds. The normalized spacial score (nSPS) is 10.1. The van der Waals surface area contributed by atoms with Gasteiger partial charge in [-0.1, -0.05) is 17.7 Å². The van der Waals surface area contributed by atoms with Gasteiger partial charge in [-0.3, -0.25) is 0 Å². The van der Waals surface area contributed by atoms with Crippen LogP contribution in [-0.4, -0.2) is 16.1 Å². The van der Waals surface area contributed by atoms with E-state index < -0.39 is 5.97 Å². The molecule has 1 aromatic carbocycles. The number of nitrogens with one attached hydrogen (secondary N) is 1. The number of hydrogen-bond donors (Lipinski definition) is 2. The first kappa shape index (κ1) is 12.4. The predicted octanol–water partition coefficient (Wildman–Crippen LogP) is 3.49. The van der Waals surface area contributed by atoms with E-state index in [1.807, 2.05) is 19.1 Å². The molecule has 5 heteroatoms. The first-order valence-electron chi connectivity index (χ1n) is 5.29. The summed E-state index contributed by atoms with van der Waals surface area (Å²) in [6, 6.07) is 8.73. The Morgan fingerprint density at radius 3 is 2.83 bits per heavy atom. The topological polar surface area (TPSA) is 62.2 Å². The Bertz CT molecular complexity index is 599. The number of benzene rings is 1. The average Bonchev–Trinajstić information content (AvgIpc) is 2.34. The Labute approximate surface area is 109 Å². The van der Waals surface area contributed by atoms with Crippen LogP contribution in [0.3, 0.4) is 0 Å². The van der Waals surface area contributed by atoms with Crippen LogP contribution in [-0.2, 0) is 0 Å². The molecule has 0 unspecified atom stereocenters. The Morgan fingerprint density at radius 1 is 1.33 bits per heavy atom. The molecule has 0 atom stereocenters. The lowest BCUT2D eigenvalue weighted by molar-refractivity contribution is 0.0690. The summed E-state index contributed by atoms with van der Waals surface area (Å²) in [6.45, 7) is 1.96. The van der Waals surface area contributed by atoms with Crippen molar-refractivity contribution in [1.29, 1.82) is 0 Å². The molecular formula is C13H11ClN2O2. The molecule has 0 aliphatic carbocycles. The molecule has 2 N–H and O–H groups in total. The number of pyridine rings is 1. The minimum Gasteiger partial charge on any atom is -0.477 e. The Hall–Kier alpha value is -2.07. The van der Waals surface area contributed by atoms with Gasteiger partial charge >= 0.3 is 5.97 Å². The summed E-state index contributed by atoms with van der Waals surface area (Å²) in [7, 11) is 0. The van der Waals surface area contributed by atoms with E-state index in [1.54, 1.807) is 12.1 Å². The van der Waals surface area contributed by atoms with Crippen molar-refractivity contribution in [2.75, 3.05) is 5.32 Å². The van der Waals surface area contributed by atoms with Crippen LogP contribution in [0.1, 0.15) is 16.1 Å². The van der Waals surface area contributed by atoms with Crippen molar-refractivity contribution >= 4 is 28.9 Å². The zero-order valence-electron chi connectivity index (χ0n) is 9.64. The second-order valence-electron chi connectivity index (χ2n) is 3.84. The quantitative estimate of drug-likeness (QED) is 0.889. The smallest absolute Gasteiger partial charge is 0.354 e. The summed E-state index contributed by atoms with van der Waals surface area (Å²) < 4.78 is 0. The number of rotatable bonds is 3. The van der Waals surface area contributed by atoms with Gasteiger partial charge in [-0.15, -0.1) is 0 Å². The summed E-state index contributed by atoms with van der Waals surface area (Å²) in [5, 5.41) is 12.5. The van der Waals surface area contributed by atoms with Crippen molar-refractivity contribution in [3.05, 3.63) is 52.8 Å². The van der Waals surface area contributed by atoms with Gasteiger partial charge in [0.25, 0.3) is 0 Å². The highest BCUT2D eigenvalue weighted by Crippen LogP contribution is 2.26. The van der Waals surface area contributed by atoms with Gasteiger partial charge in [-0.25, -0.2) is 9.78 Å². The average molecular weight is 263 g/mol. The largest absolute Gasteiger partial charge is 0.477 e. The van der Waals surface area contributed by atoms with E-state index >= 15 is 0 Å². The van der Waals surface area contributed by atoms with Crippen LogP contribution in [0.4, 0.5) is 11.4 Å². The molecule has 1 aromatic heterocycles. The molecule has 0 saturated heterocycles. The first-order valence-corrected chi connectivity index (χ1v) is 5.66. The van der Waals surface area contributed by atoms with Crippen molar-refractivity contribution in [2.45, 2.75) is 6.92 Å². The van der Waals surface area contributed by atoms with E-state index in [0.717, 1.165) is 11.3 Å². The van der Waals surface area contributed by atoms with E-state index in [-0.39, 0.29) is 5.69 Å². The number of carboxylic acid groups (broad SMARTS) is 1. The van der Waals surface area contributed by atoms with E-state index in [0.29, 0.717) is 10.7 Å². The molecule has 0 aliphatic heterocycles. The van der Waals surface area contributed by atoms with E-state index in [4.69, 9.17) is 16.7 Å². The molecule has 1 heterocycles. The fourth-order valence-corrected chi connectivity index (χ4v) is 1.68. The van der Waals surface area contributed by atoms with Gasteiger partial charge in [0, 0.05) is 11.9 Å². The fourth-order valence-electron chi connectivity index (χ4n) is 1.52. The van der Waals surface area contributed by atoms with E-state index in [2.05, 4.69) is 10.3 Å². The highest BCUT2D eigenvalue weighted by atomic mass is 35.5. The number of aromatic nitrogens is 1. The molecule has 0 saturated carbocycles. The molecule has 0 fully saturated rings. The number of hydrogen-bond acceptors (Lipinski definition) is 3. The zero-order valence-corrected chi connectivity index (χ0v) is 10.4. The molecule has 2 rings (SSSR count). The molecule has 2 aromatic rings. The monoisotopic (exact) mass is 262 g/mol. The minimum absolute atomic E-state index is 0.0104. The number of carbonyl (C=O) groups is 1. The van der Waals surface area contributed by atoms with Crippen molar-refractivity contribution in [1.82, 2.24) is 4.98 Å². The van der Waals surface area contributed by atoms with Gasteiger partial charge in [-0.05, 0) is 36.8 Å². The number of halogens is 1. The number of anilines is 2. The van der Waals surface area contributed by atoms with Gasteiger partial charge in [-0.2, -0.15) is 0 Å². The number of carboxylic acids is 1. The maximum Gasteiger partial charge on any atom is 0.354 e. The van der Waals surface area contributed by atoms with Crippen molar-refractivity contribution in [3.8, 4) is 0 Å². The van der Waals surface area contributed by atoms with E-state index in [1.165, 1.54) is 12.3 Å². The second-order valence-corrected chi connectivity index (χ2v) is 4.25. The molecule has 4 nitrogen and oxygen atoms in total. The maximum atomic E-state index is 10.8. The highest BCUT2D eigenvalue weighted by Gasteiger charge is 2.06.